The Morgan fingerprint density at radius 3 is 2.56 bits per heavy atom. The summed E-state index contributed by atoms with van der Waals surface area (Å²) in [5.41, 5.74) is 0.224. The molecule has 1 atom stereocenters. The van der Waals surface area contributed by atoms with Gasteiger partial charge in [-0.2, -0.15) is 21.9 Å². The lowest BCUT2D eigenvalue weighted by Crippen LogP contribution is -2.03. The summed E-state index contributed by atoms with van der Waals surface area (Å²) in [6, 6.07) is 0. The summed E-state index contributed by atoms with van der Waals surface area (Å²) in [7, 11) is 0. The van der Waals surface area contributed by atoms with E-state index in [1.165, 1.54) is 6.20 Å². The highest BCUT2D eigenvalue weighted by Crippen LogP contribution is 2.35. The van der Waals surface area contributed by atoms with Crippen molar-refractivity contribution in [3.63, 3.8) is 0 Å². The van der Waals surface area contributed by atoms with Gasteiger partial charge in [-0.1, -0.05) is 0 Å². The minimum Gasteiger partial charge on any atom is -0.381 e. The van der Waals surface area contributed by atoms with Gasteiger partial charge in [0.05, 0.1) is 22.8 Å². The first-order valence-electron chi connectivity index (χ1n) is 3.97. The highest BCUT2D eigenvalue weighted by molar-refractivity contribution is 7.11. The molecule has 0 bridgehead atoms. The third kappa shape index (κ3) is 2.20. The molecule has 16 heavy (non-hydrogen) atoms. The Morgan fingerprint density at radius 1 is 1.31 bits per heavy atom. The molecule has 1 unspecified atom stereocenters. The topological polar surface area (TPSA) is 58.9 Å². The van der Waals surface area contributed by atoms with Crippen molar-refractivity contribution in [2.45, 2.75) is 12.3 Å². The number of halogens is 3. The van der Waals surface area contributed by atoms with Gasteiger partial charge in [-0.15, -0.1) is 11.3 Å². The van der Waals surface area contributed by atoms with Gasteiger partial charge in [0.25, 0.3) is 0 Å². The van der Waals surface area contributed by atoms with Gasteiger partial charge in [0.15, 0.2) is 5.01 Å². The summed E-state index contributed by atoms with van der Waals surface area (Å²) in [6.07, 6.45) is -3.38. The second-order valence-electron chi connectivity index (χ2n) is 2.80. The maximum atomic E-state index is 12.2. The monoisotopic (exact) mass is 267 g/mol. The highest BCUT2D eigenvalue weighted by atomic mass is 32.1. The van der Waals surface area contributed by atoms with Gasteiger partial charge in [-0.3, -0.25) is 0 Å². The molecule has 0 spiro atoms. The Labute approximate surface area is 95.7 Å². The number of aliphatic hydroxyl groups is 1. The van der Waals surface area contributed by atoms with Crippen LogP contribution in [0.5, 0.6) is 0 Å². The molecule has 0 aliphatic rings. The summed E-state index contributed by atoms with van der Waals surface area (Å²) in [5.74, 6) is 0. The van der Waals surface area contributed by atoms with Crippen molar-refractivity contribution in [1.82, 2.24) is 13.7 Å². The normalized spacial score (nSPS) is 14.0. The Bertz CT molecular complexity index is 467. The van der Waals surface area contributed by atoms with E-state index in [9.17, 15) is 18.3 Å². The van der Waals surface area contributed by atoms with Crippen molar-refractivity contribution < 1.29 is 18.3 Å². The van der Waals surface area contributed by atoms with E-state index in [1.807, 2.05) is 0 Å². The lowest BCUT2D eigenvalue weighted by atomic mass is 10.2. The largest absolute Gasteiger partial charge is 0.443 e. The Kier molecular flexibility index (Phi) is 2.91. The minimum atomic E-state index is -4.48. The molecule has 0 aliphatic heterocycles. The molecule has 0 amide bonds. The van der Waals surface area contributed by atoms with Gasteiger partial charge >= 0.3 is 6.18 Å². The molecule has 0 aromatic carbocycles. The molecule has 2 aromatic rings. The van der Waals surface area contributed by atoms with E-state index < -0.39 is 17.3 Å². The van der Waals surface area contributed by atoms with Crippen LogP contribution in [0.15, 0.2) is 12.4 Å². The molecule has 86 valence electrons. The van der Waals surface area contributed by atoms with E-state index in [1.54, 1.807) is 0 Å². The van der Waals surface area contributed by atoms with Crippen LogP contribution in [0.1, 0.15) is 21.7 Å². The predicted octanol–water partition coefficient (Wildman–Crippen LogP) is 2.10. The molecule has 2 rings (SSSR count). The molecule has 2 heterocycles. The smallest absolute Gasteiger partial charge is 0.381 e. The summed E-state index contributed by atoms with van der Waals surface area (Å²) >= 11 is 1.27. The van der Waals surface area contributed by atoms with Crippen LogP contribution >= 0.6 is 23.1 Å². The van der Waals surface area contributed by atoms with Gasteiger partial charge in [0.1, 0.15) is 11.8 Å². The van der Waals surface area contributed by atoms with Crippen LogP contribution in [0.25, 0.3) is 0 Å². The average molecular weight is 267 g/mol. The molecule has 1 N–H and O–H groups in total. The first kappa shape index (κ1) is 11.4. The standard InChI is InChI=1S/C7H4F3N3OS2/c8-7(9,10)6-11-2-4(15-6)5(14)3-1-12-16-13-3/h1-2,5,14H. The fourth-order valence-electron chi connectivity index (χ4n) is 0.982. The fourth-order valence-corrected chi connectivity index (χ4v) is 2.21. The number of hydrogen-bond acceptors (Lipinski definition) is 6. The molecular formula is C7H4F3N3OS2. The van der Waals surface area contributed by atoms with Crippen molar-refractivity contribution in [2.24, 2.45) is 0 Å². The number of rotatable bonds is 2. The number of alkyl halides is 3. The highest BCUT2D eigenvalue weighted by Gasteiger charge is 2.35. The molecule has 0 saturated heterocycles. The third-order valence-electron chi connectivity index (χ3n) is 1.69. The Morgan fingerprint density at radius 2 is 2.06 bits per heavy atom. The van der Waals surface area contributed by atoms with Gasteiger partial charge < -0.3 is 5.11 Å². The fraction of sp³-hybridized carbons (Fsp3) is 0.286. The Balaban J connectivity index is 2.26. The van der Waals surface area contributed by atoms with E-state index in [0.29, 0.717) is 11.3 Å². The van der Waals surface area contributed by atoms with Crippen molar-refractivity contribution >= 4 is 23.1 Å². The van der Waals surface area contributed by atoms with Crippen LogP contribution in [0.4, 0.5) is 13.2 Å². The quantitative estimate of drug-likeness (QED) is 0.905. The average Bonchev–Trinajstić information content (AvgIpc) is 2.87. The van der Waals surface area contributed by atoms with Crippen molar-refractivity contribution in [3.05, 3.63) is 28.0 Å². The van der Waals surface area contributed by atoms with E-state index in [4.69, 9.17) is 0 Å². The van der Waals surface area contributed by atoms with Crippen molar-refractivity contribution in [2.75, 3.05) is 0 Å². The van der Waals surface area contributed by atoms with Gasteiger partial charge in [-0.25, -0.2) is 4.98 Å². The zero-order valence-electron chi connectivity index (χ0n) is 7.47. The molecule has 9 heteroatoms. The molecule has 0 radical (unpaired) electrons. The lowest BCUT2D eigenvalue weighted by molar-refractivity contribution is -0.137. The molecule has 4 nitrogen and oxygen atoms in total. The number of thiazole rings is 1. The van der Waals surface area contributed by atoms with Gasteiger partial charge in [0, 0.05) is 6.20 Å². The zero-order chi connectivity index (χ0) is 11.8. The summed E-state index contributed by atoms with van der Waals surface area (Å²) < 4.78 is 44.1. The predicted molar refractivity (Wildman–Crippen MR) is 51.1 cm³/mol. The van der Waals surface area contributed by atoms with Crippen molar-refractivity contribution in [3.8, 4) is 0 Å². The third-order valence-corrected chi connectivity index (χ3v) is 3.28. The van der Waals surface area contributed by atoms with E-state index in [2.05, 4.69) is 13.7 Å². The summed E-state index contributed by atoms with van der Waals surface area (Å²) in [5, 5.41) is 8.69. The number of aliphatic hydroxyl groups excluding tert-OH is 1. The second kappa shape index (κ2) is 4.07. The van der Waals surface area contributed by atoms with Gasteiger partial charge in [-0.05, 0) is 0 Å². The summed E-state index contributed by atoms with van der Waals surface area (Å²) in [6.45, 7) is 0. The van der Waals surface area contributed by atoms with Crippen LogP contribution in [0.2, 0.25) is 0 Å². The van der Waals surface area contributed by atoms with Crippen LogP contribution in [0.3, 0.4) is 0 Å². The second-order valence-corrected chi connectivity index (χ2v) is 4.42. The first-order valence-corrected chi connectivity index (χ1v) is 5.51. The first-order chi connectivity index (χ1) is 7.48. The maximum absolute atomic E-state index is 12.2. The number of aromatic nitrogens is 3. The minimum absolute atomic E-state index is 0.0972. The van der Waals surface area contributed by atoms with Gasteiger partial charge in [0.2, 0.25) is 0 Å². The molecule has 0 aliphatic carbocycles. The van der Waals surface area contributed by atoms with Crippen molar-refractivity contribution in [1.29, 1.82) is 0 Å². The molecule has 0 saturated carbocycles. The zero-order valence-corrected chi connectivity index (χ0v) is 9.10. The van der Waals surface area contributed by atoms with E-state index in [0.717, 1.165) is 17.9 Å². The number of nitrogens with zero attached hydrogens (tertiary/aromatic N) is 3. The van der Waals surface area contributed by atoms with Crippen LogP contribution in [-0.2, 0) is 6.18 Å². The van der Waals surface area contributed by atoms with E-state index in [-0.39, 0.29) is 10.6 Å². The van der Waals surface area contributed by atoms with Crippen LogP contribution in [-0.4, -0.2) is 18.8 Å². The van der Waals surface area contributed by atoms with Crippen LogP contribution < -0.4 is 0 Å². The van der Waals surface area contributed by atoms with Crippen LogP contribution in [0, 0.1) is 0 Å². The lowest BCUT2D eigenvalue weighted by Gasteiger charge is -2.02. The Hall–Kier alpha value is -1.06. The molecule has 2 aromatic heterocycles. The van der Waals surface area contributed by atoms with E-state index >= 15 is 0 Å². The number of hydrogen-bond donors (Lipinski definition) is 1. The molecular weight excluding hydrogens is 263 g/mol. The maximum Gasteiger partial charge on any atom is 0.443 e. The summed E-state index contributed by atoms with van der Waals surface area (Å²) in [4.78, 5) is 3.30. The molecule has 0 fully saturated rings. The SMILES string of the molecule is OC(c1cnsn1)c1cnc(C(F)(F)F)s1.